The SMILES string of the molecule is COC(=O)c1cc2c(s1)CN(C)C(=O)c1cccc(N)c1-2. The topological polar surface area (TPSA) is 72.6 Å². The second-order valence-electron chi connectivity index (χ2n) is 4.87. The number of nitrogens with two attached hydrogens (primary N) is 1. The van der Waals surface area contributed by atoms with Crippen LogP contribution in [0.25, 0.3) is 11.1 Å². The highest BCUT2D eigenvalue weighted by Gasteiger charge is 2.28. The molecule has 108 valence electrons. The first-order valence-electron chi connectivity index (χ1n) is 6.38. The smallest absolute Gasteiger partial charge is 0.348 e. The molecular formula is C15H14N2O3S. The van der Waals surface area contributed by atoms with Crippen LogP contribution < -0.4 is 5.73 Å². The second-order valence-corrected chi connectivity index (χ2v) is 6.01. The van der Waals surface area contributed by atoms with Gasteiger partial charge in [0.05, 0.1) is 13.7 Å². The Labute approximate surface area is 125 Å². The van der Waals surface area contributed by atoms with Gasteiger partial charge >= 0.3 is 5.97 Å². The van der Waals surface area contributed by atoms with Crippen LogP contribution in [0.15, 0.2) is 24.3 Å². The van der Waals surface area contributed by atoms with E-state index < -0.39 is 0 Å². The number of carbonyl (C=O) groups excluding carboxylic acids is 2. The monoisotopic (exact) mass is 302 g/mol. The first kappa shape index (κ1) is 13.6. The van der Waals surface area contributed by atoms with Gasteiger partial charge in [-0.15, -0.1) is 11.3 Å². The fraction of sp³-hybridized carbons (Fsp3) is 0.200. The molecule has 1 aromatic carbocycles. The Balaban J connectivity index is 2.28. The summed E-state index contributed by atoms with van der Waals surface area (Å²) < 4.78 is 4.77. The molecule has 21 heavy (non-hydrogen) atoms. The maximum absolute atomic E-state index is 12.4. The number of ether oxygens (including phenoxy) is 1. The molecule has 0 bridgehead atoms. The van der Waals surface area contributed by atoms with E-state index >= 15 is 0 Å². The van der Waals surface area contributed by atoms with Gasteiger partial charge in [-0.3, -0.25) is 4.79 Å². The van der Waals surface area contributed by atoms with Crippen LogP contribution in [-0.2, 0) is 11.3 Å². The molecule has 3 rings (SSSR count). The molecule has 0 saturated carbocycles. The first-order valence-corrected chi connectivity index (χ1v) is 7.20. The number of amides is 1. The van der Waals surface area contributed by atoms with Crippen molar-refractivity contribution in [2.45, 2.75) is 6.54 Å². The highest BCUT2D eigenvalue weighted by atomic mass is 32.1. The van der Waals surface area contributed by atoms with Crippen LogP contribution in [0.4, 0.5) is 5.69 Å². The number of hydrogen-bond acceptors (Lipinski definition) is 5. The molecule has 0 spiro atoms. The molecule has 0 fully saturated rings. The third-order valence-corrected chi connectivity index (χ3v) is 4.62. The van der Waals surface area contributed by atoms with Crippen molar-refractivity contribution in [2.24, 2.45) is 0 Å². The van der Waals surface area contributed by atoms with Crippen molar-refractivity contribution in [2.75, 3.05) is 19.9 Å². The van der Waals surface area contributed by atoms with E-state index in [0.717, 1.165) is 10.4 Å². The average Bonchev–Trinajstić information content (AvgIpc) is 2.84. The second kappa shape index (κ2) is 4.89. The van der Waals surface area contributed by atoms with Crippen LogP contribution in [0, 0.1) is 0 Å². The van der Waals surface area contributed by atoms with Crippen LogP contribution in [0.2, 0.25) is 0 Å². The maximum Gasteiger partial charge on any atom is 0.348 e. The van der Waals surface area contributed by atoms with E-state index in [9.17, 15) is 9.59 Å². The number of nitrogen functional groups attached to an aromatic ring is 1. The minimum absolute atomic E-state index is 0.0691. The number of esters is 1. The third-order valence-electron chi connectivity index (χ3n) is 3.52. The minimum Gasteiger partial charge on any atom is -0.465 e. The van der Waals surface area contributed by atoms with Crippen molar-refractivity contribution >= 4 is 28.9 Å². The van der Waals surface area contributed by atoms with Crippen LogP contribution in [0.3, 0.4) is 0 Å². The summed E-state index contributed by atoms with van der Waals surface area (Å²) in [5, 5.41) is 0. The Kier molecular flexibility index (Phi) is 3.17. The number of thiophene rings is 1. The van der Waals surface area contributed by atoms with Crippen molar-refractivity contribution < 1.29 is 14.3 Å². The number of carbonyl (C=O) groups is 2. The minimum atomic E-state index is -0.377. The summed E-state index contributed by atoms with van der Waals surface area (Å²) >= 11 is 1.34. The third kappa shape index (κ3) is 2.08. The number of methoxy groups -OCH3 is 1. The number of rotatable bonds is 1. The van der Waals surface area contributed by atoms with Gasteiger partial charge in [0.1, 0.15) is 4.88 Å². The lowest BCUT2D eigenvalue weighted by atomic mass is 9.98. The Bertz CT molecular complexity index is 751. The fourth-order valence-electron chi connectivity index (χ4n) is 2.50. The summed E-state index contributed by atoms with van der Waals surface area (Å²) in [6.07, 6.45) is 0. The first-order chi connectivity index (χ1) is 10.0. The van der Waals surface area contributed by atoms with E-state index in [2.05, 4.69) is 0 Å². The lowest BCUT2D eigenvalue weighted by Gasteiger charge is -2.14. The van der Waals surface area contributed by atoms with Gasteiger partial charge in [0.2, 0.25) is 0 Å². The number of anilines is 1. The molecule has 2 N–H and O–H groups in total. The molecule has 0 unspecified atom stereocenters. The molecule has 0 saturated heterocycles. The van der Waals surface area contributed by atoms with E-state index in [1.54, 1.807) is 36.2 Å². The molecule has 0 radical (unpaired) electrons. The molecule has 0 atom stereocenters. The van der Waals surface area contributed by atoms with Crippen molar-refractivity contribution in [1.82, 2.24) is 4.90 Å². The Hall–Kier alpha value is -2.34. The van der Waals surface area contributed by atoms with Crippen LogP contribution in [-0.4, -0.2) is 30.9 Å². The largest absolute Gasteiger partial charge is 0.465 e. The predicted octanol–water partition coefficient (Wildman–Crippen LogP) is 2.37. The lowest BCUT2D eigenvalue weighted by Crippen LogP contribution is -2.24. The predicted molar refractivity (Wildman–Crippen MR) is 81.3 cm³/mol. The van der Waals surface area contributed by atoms with Gasteiger partial charge in [0, 0.05) is 34.3 Å². The zero-order valence-electron chi connectivity index (χ0n) is 11.7. The van der Waals surface area contributed by atoms with Crippen LogP contribution >= 0.6 is 11.3 Å². The Morgan fingerprint density at radius 3 is 2.86 bits per heavy atom. The average molecular weight is 302 g/mol. The summed E-state index contributed by atoms with van der Waals surface area (Å²) in [6.45, 7) is 0.448. The van der Waals surface area contributed by atoms with E-state index in [-0.39, 0.29) is 11.9 Å². The van der Waals surface area contributed by atoms with Crippen molar-refractivity contribution in [3.8, 4) is 11.1 Å². The molecule has 6 heteroatoms. The number of fused-ring (bicyclic) bond motifs is 3. The zero-order chi connectivity index (χ0) is 15.1. The molecular weight excluding hydrogens is 288 g/mol. The Morgan fingerprint density at radius 1 is 1.38 bits per heavy atom. The van der Waals surface area contributed by atoms with Crippen LogP contribution in [0.1, 0.15) is 24.9 Å². The summed E-state index contributed by atoms with van der Waals surface area (Å²) in [5.74, 6) is -0.446. The molecule has 5 nitrogen and oxygen atoms in total. The van der Waals surface area contributed by atoms with Gasteiger partial charge in [-0.05, 0) is 18.2 Å². The molecule has 1 aliphatic rings. The normalized spacial score (nSPS) is 13.4. The van der Waals surface area contributed by atoms with Gasteiger partial charge in [0.15, 0.2) is 0 Å². The summed E-state index contributed by atoms with van der Waals surface area (Å²) in [4.78, 5) is 27.2. The summed E-state index contributed by atoms with van der Waals surface area (Å²) in [5.41, 5.74) is 8.70. The molecule has 1 aromatic heterocycles. The van der Waals surface area contributed by atoms with E-state index in [0.29, 0.717) is 28.2 Å². The molecule has 1 aliphatic heterocycles. The van der Waals surface area contributed by atoms with Gasteiger partial charge in [0.25, 0.3) is 5.91 Å². The van der Waals surface area contributed by atoms with E-state index in [1.165, 1.54) is 18.4 Å². The standard InChI is InChI=1S/C15H14N2O3S/c1-17-7-12-9(6-11(21-12)15(19)20-2)13-8(14(17)18)4-3-5-10(13)16/h3-6H,7,16H2,1-2H3. The highest BCUT2D eigenvalue weighted by Crippen LogP contribution is 2.40. The lowest BCUT2D eigenvalue weighted by molar-refractivity contribution is 0.0606. The summed E-state index contributed by atoms with van der Waals surface area (Å²) in [7, 11) is 3.09. The van der Waals surface area contributed by atoms with Gasteiger partial charge in [-0.2, -0.15) is 0 Å². The quantitative estimate of drug-likeness (QED) is 0.648. The molecule has 2 aromatic rings. The maximum atomic E-state index is 12.4. The Morgan fingerprint density at radius 2 is 2.14 bits per heavy atom. The van der Waals surface area contributed by atoms with Gasteiger partial charge < -0.3 is 15.4 Å². The molecule has 1 amide bonds. The molecule has 0 aliphatic carbocycles. The van der Waals surface area contributed by atoms with Crippen LogP contribution in [0.5, 0.6) is 0 Å². The van der Waals surface area contributed by atoms with E-state index in [1.807, 2.05) is 0 Å². The van der Waals surface area contributed by atoms with Crippen molar-refractivity contribution in [3.63, 3.8) is 0 Å². The molecule has 2 heterocycles. The summed E-state index contributed by atoms with van der Waals surface area (Å²) in [6, 6.07) is 7.04. The highest BCUT2D eigenvalue weighted by molar-refractivity contribution is 7.14. The fourth-order valence-corrected chi connectivity index (χ4v) is 3.64. The van der Waals surface area contributed by atoms with E-state index in [4.69, 9.17) is 10.5 Å². The van der Waals surface area contributed by atoms with Crippen molar-refractivity contribution in [1.29, 1.82) is 0 Å². The van der Waals surface area contributed by atoms with Gasteiger partial charge in [-0.1, -0.05) is 6.07 Å². The number of nitrogens with zero attached hydrogens (tertiary/aromatic N) is 1. The zero-order valence-corrected chi connectivity index (χ0v) is 12.5. The number of benzene rings is 1. The number of hydrogen-bond donors (Lipinski definition) is 1. The van der Waals surface area contributed by atoms with Gasteiger partial charge in [-0.25, -0.2) is 4.79 Å². The van der Waals surface area contributed by atoms with Crippen molar-refractivity contribution in [3.05, 3.63) is 39.6 Å².